The Morgan fingerprint density at radius 2 is 2.04 bits per heavy atom. The Morgan fingerprint density at radius 3 is 2.92 bits per heavy atom. The number of hydrogen-bond acceptors (Lipinski definition) is 5. The van der Waals surface area contributed by atoms with Crippen LogP contribution in [0.1, 0.15) is 12.5 Å². The molecule has 0 fully saturated rings. The van der Waals surface area contributed by atoms with Crippen molar-refractivity contribution in [2.24, 2.45) is 0 Å². The van der Waals surface area contributed by atoms with Crippen LogP contribution in [0.2, 0.25) is 5.02 Å². The predicted octanol–water partition coefficient (Wildman–Crippen LogP) is 4.35. The molecule has 6 heteroatoms. The van der Waals surface area contributed by atoms with E-state index in [2.05, 4.69) is 50.5 Å². The van der Waals surface area contributed by atoms with Crippen LogP contribution >= 0.6 is 11.6 Å². The quantitative estimate of drug-likeness (QED) is 0.770. The smallest absolute Gasteiger partial charge is 0.252 e. The van der Waals surface area contributed by atoms with Gasteiger partial charge in [-0.15, -0.1) is 5.10 Å². The van der Waals surface area contributed by atoms with Gasteiger partial charge in [0.25, 0.3) is 5.95 Å². The topological polar surface area (TPSA) is 53.9 Å². The van der Waals surface area contributed by atoms with E-state index < -0.39 is 0 Å². The van der Waals surface area contributed by atoms with Crippen LogP contribution in [0.3, 0.4) is 0 Å². The largest absolute Gasteiger partial charge is 0.339 e. The highest BCUT2D eigenvalue weighted by atomic mass is 35.5. The van der Waals surface area contributed by atoms with Crippen molar-refractivity contribution in [3.8, 4) is 0 Å². The molecule has 0 radical (unpaired) electrons. The summed E-state index contributed by atoms with van der Waals surface area (Å²) in [6, 6.07) is 16.1. The first-order valence-electron chi connectivity index (χ1n) is 7.80. The van der Waals surface area contributed by atoms with E-state index in [9.17, 15) is 0 Å². The molecule has 1 aromatic heterocycles. The van der Waals surface area contributed by atoms with Crippen molar-refractivity contribution >= 4 is 34.7 Å². The van der Waals surface area contributed by atoms with Gasteiger partial charge < -0.3 is 10.2 Å². The summed E-state index contributed by atoms with van der Waals surface area (Å²) in [5.74, 6) is 1.23. The minimum Gasteiger partial charge on any atom is -0.339 e. The minimum atomic E-state index is 0.297. The van der Waals surface area contributed by atoms with Crippen LogP contribution in [0.5, 0.6) is 0 Å². The van der Waals surface area contributed by atoms with Gasteiger partial charge in [-0.2, -0.15) is 10.1 Å². The Bertz CT molecular complexity index is 883. The molecular weight excluding hydrogens is 322 g/mol. The van der Waals surface area contributed by atoms with Crippen LogP contribution in [0, 0.1) is 0 Å². The highest BCUT2D eigenvalue weighted by Crippen LogP contribution is 2.36. The molecule has 0 bridgehead atoms. The third-order valence-corrected chi connectivity index (χ3v) is 4.30. The van der Waals surface area contributed by atoms with Gasteiger partial charge >= 0.3 is 0 Å². The van der Waals surface area contributed by atoms with Gasteiger partial charge in [-0.3, -0.25) is 0 Å². The summed E-state index contributed by atoms with van der Waals surface area (Å²) >= 11 is 6.02. The van der Waals surface area contributed by atoms with Gasteiger partial charge in [-0.05, 0) is 43.2 Å². The maximum atomic E-state index is 6.02. The second-order valence-electron chi connectivity index (χ2n) is 5.83. The number of halogens is 1. The van der Waals surface area contributed by atoms with E-state index in [1.165, 1.54) is 5.56 Å². The molecule has 1 atom stereocenters. The third kappa shape index (κ3) is 2.78. The number of hydrogen-bond donors (Lipinski definition) is 1. The standard InChI is InChI=1S/C18H16ClN5/c1-12-9-13-5-2-3-8-16(13)24(12)18-22-17(11-20-23-18)21-15-7-4-6-14(19)10-15/h2-8,10-12H,9H2,1H3,(H,21,22,23). The second-order valence-corrected chi connectivity index (χ2v) is 6.27. The molecule has 0 aliphatic carbocycles. The fourth-order valence-electron chi connectivity index (χ4n) is 3.04. The predicted molar refractivity (Wildman–Crippen MR) is 96.3 cm³/mol. The summed E-state index contributed by atoms with van der Waals surface area (Å²) in [6.07, 6.45) is 2.59. The fraction of sp³-hybridized carbons (Fsp3) is 0.167. The Balaban J connectivity index is 1.66. The summed E-state index contributed by atoms with van der Waals surface area (Å²) in [5, 5.41) is 12.2. The SMILES string of the molecule is CC1Cc2ccccc2N1c1nncc(Nc2cccc(Cl)c2)n1. The maximum Gasteiger partial charge on any atom is 0.252 e. The van der Waals surface area contributed by atoms with Crippen LogP contribution in [0.25, 0.3) is 0 Å². The lowest BCUT2D eigenvalue weighted by atomic mass is 10.1. The van der Waals surface area contributed by atoms with Crippen molar-refractivity contribution in [1.82, 2.24) is 15.2 Å². The Hall–Kier alpha value is -2.66. The number of fused-ring (bicyclic) bond motifs is 1. The van der Waals surface area contributed by atoms with Gasteiger partial charge in [0.2, 0.25) is 0 Å². The molecule has 24 heavy (non-hydrogen) atoms. The van der Waals surface area contributed by atoms with E-state index >= 15 is 0 Å². The number of aromatic nitrogens is 3. The fourth-order valence-corrected chi connectivity index (χ4v) is 3.23. The zero-order valence-corrected chi connectivity index (χ0v) is 13.9. The maximum absolute atomic E-state index is 6.02. The Morgan fingerprint density at radius 1 is 1.17 bits per heavy atom. The van der Waals surface area contributed by atoms with Gasteiger partial charge in [0.05, 0.1) is 6.20 Å². The molecular formula is C18H16ClN5. The number of nitrogens with one attached hydrogen (secondary N) is 1. The van der Waals surface area contributed by atoms with Crippen LogP contribution in [-0.2, 0) is 6.42 Å². The lowest BCUT2D eigenvalue weighted by molar-refractivity contribution is 0.730. The first-order chi connectivity index (χ1) is 11.7. The average molecular weight is 338 g/mol. The van der Waals surface area contributed by atoms with Gasteiger partial charge in [-0.1, -0.05) is 35.9 Å². The molecule has 1 unspecified atom stereocenters. The van der Waals surface area contributed by atoms with Crippen molar-refractivity contribution in [2.75, 3.05) is 10.2 Å². The molecule has 1 N–H and O–H groups in total. The summed E-state index contributed by atoms with van der Waals surface area (Å²) in [4.78, 5) is 6.76. The average Bonchev–Trinajstić information content (AvgIpc) is 2.91. The van der Waals surface area contributed by atoms with Crippen molar-refractivity contribution in [1.29, 1.82) is 0 Å². The molecule has 4 rings (SSSR count). The summed E-state index contributed by atoms with van der Waals surface area (Å²) < 4.78 is 0. The van der Waals surface area contributed by atoms with E-state index in [0.29, 0.717) is 22.8 Å². The molecule has 0 saturated carbocycles. The van der Waals surface area contributed by atoms with Gasteiger partial charge in [0, 0.05) is 22.4 Å². The van der Waals surface area contributed by atoms with E-state index in [-0.39, 0.29) is 0 Å². The molecule has 0 amide bonds. The number of para-hydroxylation sites is 1. The lowest BCUT2D eigenvalue weighted by Crippen LogP contribution is -2.26. The number of benzene rings is 2. The lowest BCUT2D eigenvalue weighted by Gasteiger charge is -2.22. The number of rotatable bonds is 3. The number of anilines is 4. The minimum absolute atomic E-state index is 0.297. The van der Waals surface area contributed by atoms with Crippen molar-refractivity contribution in [2.45, 2.75) is 19.4 Å². The van der Waals surface area contributed by atoms with Crippen molar-refractivity contribution in [3.05, 3.63) is 65.3 Å². The highest BCUT2D eigenvalue weighted by molar-refractivity contribution is 6.30. The molecule has 120 valence electrons. The van der Waals surface area contributed by atoms with Gasteiger partial charge in [0.15, 0.2) is 5.82 Å². The summed E-state index contributed by atoms with van der Waals surface area (Å²) in [6.45, 7) is 2.17. The number of nitrogens with zero attached hydrogens (tertiary/aromatic N) is 4. The molecule has 2 heterocycles. The van der Waals surface area contributed by atoms with Crippen LogP contribution in [0.15, 0.2) is 54.7 Å². The zero-order valence-electron chi connectivity index (χ0n) is 13.1. The molecule has 3 aromatic rings. The van der Waals surface area contributed by atoms with Crippen LogP contribution in [-0.4, -0.2) is 21.2 Å². The van der Waals surface area contributed by atoms with Crippen molar-refractivity contribution < 1.29 is 0 Å². The van der Waals surface area contributed by atoms with E-state index in [1.54, 1.807) is 6.20 Å². The molecule has 0 spiro atoms. The third-order valence-electron chi connectivity index (χ3n) is 4.07. The molecule has 1 aliphatic heterocycles. The Labute approximate surface area is 145 Å². The molecule has 1 aliphatic rings. The summed E-state index contributed by atoms with van der Waals surface area (Å²) in [5.41, 5.74) is 3.32. The second kappa shape index (κ2) is 6.09. The first kappa shape index (κ1) is 14.9. The van der Waals surface area contributed by atoms with Crippen LogP contribution in [0.4, 0.5) is 23.1 Å². The molecule has 2 aromatic carbocycles. The molecule has 5 nitrogen and oxygen atoms in total. The van der Waals surface area contributed by atoms with E-state index in [4.69, 9.17) is 11.6 Å². The summed E-state index contributed by atoms with van der Waals surface area (Å²) in [7, 11) is 0. The van der Waals surface area contributed by atoms with Crippen molar-refractivity contribution in [3.63, 3.8) is 0 Å². The zero-order chi connectivity index (χ0) is 16.5. The Kier molecular flexibility index (Phi) is 3.78. The first-order valence-corrected chi connectivity index (χ1v) is 8.18. The normalized spacial score (nSPS) is 16.1. The molecule has 0 saturated heterocycles. The van der Waals surface area contributed by atoms with E-state index in [0.717, 1.165) is 17.8 Å². The van der Waals surface area contributed by atoms with Crippen LogP contribution < -0.4 is 10.2 Å². The highest BCUT2D eigenvalue weighted by Gasteiger charge is 2.29. The van der Waals surface area contributed by atoms with Gasteiger partial charge in [0.1, 0.15) is 0 Å². The monoisotopic (exact) mass is 337 g/mol. The van der Waals surface area contributed by atoms with E-state index in [1.807, 2.05) is 30.3 Å². The van der Waals surface area contributed by atoms with Gasteiger partial charge in [-0.25, -0.2) is 0 Å².